The smallest absolute Gasteiger partial charge is 0.319 e. The molecule has 1 heterocycles. The van der Waals surface area contributed by atoms with Crippen molar-refractivity contribution in [2.24, 2.45) is 5.18 Å². The molecule has 2 aromatic carbocycles. The molecule has 5 nitrogen and oxygen atoms in total. The summed E-state index contributed by atoms with van der Waals surface area (Å²) >= 11 is 12.1. The Morgan fingerprint density at radius 2 is 1.74 bits per heavy atom. The minimum atomic E-state index is -1.05. The Hall–Kier alpha value is -1.86. The predicted molar refractivity (Wildman–Crippen MR) is 118 cm³/mol. The topological polar surface area (TPSA) is 59.0 Å². The van der Waals surface area contributed by atoms with Crippen molar-refractivity contribution in [2.45, 2.75) is 50.9 Å². The predicted octanol–water partition coefficient (Wildman–Crippen LogP) is 6.10. The third-order valence-corrected chi connectivity index (χ3v) is 6.33. The standard InChI is InChI=1S/C23H23Cl2FN2O3/c24-17-7-14(8-18(25)10-17)13-31-19-3-5-28(6-4-19)12-16-9-22(26)21(23(29)27-30)11-20(16)15-1-2-15/h7-11,15,19H,1-6,12-13H2. The highest BCUT2D eigenvalue weighted by atomic mass is 35.5. The minimum absolute atomic E-state index is 0.146. The summed E-state index contributed by atoms with van der Waals surface area (Å²) < 4.78 is 20.5. The second-order valence-electron chi connectivity index (χ2n) is 8.27. The number of carbonyl (C=O) groups excluding carboxylic acids is 1. The Morgan fingerprint density at radius 3 is 2.35 bits per heavy atom. The van der Waals surface area contributed by atoms with Crippen molar-refractivity contribution in [2.75, 3.05) is 13.1 Å². The van der Waals surface area contributed by atoms with Crippen LogP contribution < -0.4 is 0 Å². The van der Waals surface area contributed by atoms with Crippen molar-refractivity contribution >= 4 is 29.1 Å². The zero-order chi connectivity index (χ0) is 22.0. The fraction of sp³-hybridized carbons (Fsp3) is 0.435. The van der Waals surface area contributed by atoms with Crippen molar-refractivity contribution in [1.82, 2.24) is 4.90 Å². The number of nitrogens with zero attached hydrogens (tertiary/aromatic N) is 2. The number of likely N-dealkylation sites (tertiary alicyclic amines) is 1. The van der Waals surface area contributed by atoms with Gasteiger partial charge in [-0.2, -0.15) is 0 Å². The van der Waals surface area contributed by atoms with Gasteiger partial charge in [0.05, 0.1) is 18.3 Å². The summed E-state index contributed by atoms with van der Waals surface area (Å²) in [6.07, 6.45) is 3.93. The van der Waals surface area contributed by atoms with E-state index in [0.29, 0.717) is 29.1 Å². The number of carbonyl (C=O) groups is 1. The van der Waals surface area contributed by atoms with Gasteiger partial charge in [0.25, 0.3) is 0 Å². The summed E-state index contributed by atoms with van der Waals surface area (Å²) in [5, 5.41) is 3.56. The average molecular weight is 465 g/mol. The van der Waals surface area contributed by atoms with Crippen molar-refractivity contribution in [3.63, 3.8) is 0 Å². The van der Waals surface area contributed by atoms with Crippen LogP contribution in [-0.4, -0.2) is 30.0 Å². The van der Waals surface area contributed by atoms with Gasteiger partial charge in [0.15, 0.2) is 0 Å². The molecule has 2 fully saturated rings. The van der Waals surface area contributed by atoms with Gasteiger partial charge < -0.3 is 4.74 Å². The van der Waals surface area contributed by atoms with E-state index in [9.17, 15) is 14.1 Å². The van der Waals surface area contributed by atoms with E-state index >= 15 is 0 Å². The van der Waals surface area contributed by atoms with Crippen LogP contribution in [-0.2, 0) is 17.9 Å². The number of benzene rings is 2. The van der Waals surface area contributed by atoms with Gasteiger partial charge in [-0.25, -0.2) is 4.39 Å². The molecule has 1 aliphatic heterocycles. The van der Waals surface area contributed by atoms with Gasteiger partial charge in [-0.1, -0.05) is 23.2 Å². The maximum Gasteiger partial charge on any atom is 0.319 e. The van der Waals surface area contributed by atoms with E-state index in [1.54, 1.807) is 6.07 Å². The third kappa shape index (κ3) is 5.69. The van der Waals surface area contributed by atoms with Crippen LogP contribution in [0.15, 0.2) is 35.5 Å². The number of halogens is 3. The maximum absolute atomic E-state index is 14.4. The van der Waals surface area contributed by atoms with Gasteiger partial charge in [0, 0.05) is 34.9 Å². The van der Waals surface area contributed by atoms with E-state index < -0.39 is 11.7 Å². The lowest BCUT2D eigenvalue weighted by Gasteiger charge is -2.32. The largest absolute Gasteiger partial charge is 0.373 e. The summed E-state index contributed by atoms with van der Waals surface area (Å²) in [5.41, 5.74) is 2.57. The zero-order valence-electron chi connectivity index (χ0n) is 17.0. The normalized spacial score (nSPS) is 17.6. The van der Waals surface area contributed by atoms with Crippen molar-refractivity contribution < 1.29 is 13.9 Å². The molecule has 2 aliphatic rings. The van der Waals surface area contributed by atoms with Crippen LogP contribution in [0.1, 0.15) is 58.6 Å². The first-order chi connectivity index (χ1) is 14.9. The number of nitroso groups, excluding NO2 is 1. The number of hydrogen-bond acceptors (Lipinski definition) is 4. The number of hydrogen-bond donors (Lipinski definition) is 0. The molecule has 2 aromatic rings. The number of amides is 1. The fourth-order valence-corrected chi connectivity index (χ4v) is 4.71. The molecule has 0 unspecified atom stereocenters. The van der Waals surface area contributed by atoms with Gasteiger partial charge in [0.2, 0.25) is 0 Å². The lowest BCUT2D eigenvalue weighted by Crippen LogP contribution is -2.36. The summed E-state index contributed by atoms with van der Waals surface area (Å²) in [4.78, 5) is 24.4. The van der Waals surface area contributed by atoms with Crippen LogP contribution >= 0.6 is 23.2 Å². The first kappa shape index (κ1) is 22.3. The average Bonchev–Trinajstić information content (AvgIpc) is 3.57. The Kier molecular flexibility index (Phi) is 7.02. The Labute approximate surface area is 190 Å². The van der Waals surface area contributed by atoms with E-state index in [1.807, 2.05) is 12.1 Å². The molecule has 0 atom stereocenters. The van der Waals surface area contributed by atoms with Crippen molar-refractivity contribution in [1.29, 1.82) is 0 Å². The Bertz CT molecular complexity index is 969. The summed E-state index contributed by atoms with van der Waals surface area (Å²) in [5.74, 6) is -1.40. The van der Waals surface area contributed by atoms with Crippen molar-refractivity contribution in [3.05, 3.63) is 73.4 Å². The molecular formula is C23H23Cl2FN2O3. The third-order valence-electron chi connectivity index (χ3n) is 5.90. The summed E-state index contributed by atoms with van der Waals surface area (Å²) in [7, 11) is 0. The lowest BCUT2D eigenvalue weighted by atomic mass is 9.97. The molecule has 164 valence electrons. The second kappa shape index (κ2) is 9.74. The fourth-order valence-electron chi connectivity index (χ4n) is 4.14. The van der Waals surface area contributed by atoms with E-state index in [4.69, 9.17) is 27.9 Å². The number of piperidine rings is 1. The summed E-state index contributed by atoms with van der Waals surface area (Å²) in [6, 6.07) is 8.33. The number of rotatable bonds is 7. The Morgan fingerprint density at radius 1 is 1.06 bits per heavy atom. The zero-order valence-corrected chi connectivity index (χ0v) is 18.5. The highest BCUT2D eigenvalue weighted by Gasteiger charge is 2.30. The van der Waals surface area contributed by atoms with Gasteiger partial charge in [-0.3, -0.25) is 9.69 Å². The van der Waals surface area contributed by atoms with Crippen LogP contribution in [0.2, 0.25) is 10.0 Å². The molecule has 0 spiro atoms. The molecule has 0 bridgehead atoms. The molecule has 0 radical (unpaired) electrons. The minimum Gasteiger partial charge on any atom is -0.373 e. The molecule has 1 aliphatic carbocycles. The summed E-state index contributed by atoms with van der Waals surface area (Å²) in [6.45, 7) is 2.75. The molecule has 1 saturated carbocycles. The first-order valence-corrected chi connectivity index (χ1v) is 11.2. The van der Waals surface area contributed by atoms with E-state index in [0.717, 1.165) is 55.5 Å². The Balaban J connectivity index is 1.35. The first-order valence-electron chi connectivity index (χ1n) is 10.4. The SMILES string of the molecule is O=NC(=O)c1cc(C2CC2)c(CN2CCC(OCc3cc(Cl)cc(Cl)c3)CC2)cc1F. The van der Waals surface area contributed by atoms with Crippen LogP contribution in [0.25, 0.3) is 0 Å². The van der Waals surface area contributed by atoms with Gasteiger partial charge >= 0.3 is 5.91 Å². The van der Waals surface area contributed by atoms with Crippen LogP contribution in [0.4, 0.5) is 4.39 Å². The highest BCUT2D eigenvalue weighted by molar-refractivity contribution is 6.34. The molecule has 31 heavy (non-hydrogen) atoms. The molecule has 1 saturated heterocycles. The molecule has 0 aromatic heterocycles. The van der Waals surface area contributed by atoms with Gasteiger partial charge in [-0.05, 0) is 78.6 Å². The van der Waals surface area contributed by atoms with Crippen LogP contribution in [0.5, 0.6) is 0 Å². The quantitative estimate of drug-likeness (QED) is 0.464. The highest BCUT2D eigenvalue weighted by Crippen LogP contribution is 2.43. The lowest BCUT2D eigenvalue weighted by molar-refractivity contribution is -0.00399. The number of ether oxygens (including phenoxy) is 1. The molecule has 0 N–H and O–H groups in total. The molecule has 8 heteroatoms. The van der Waals surface area contributed by atoms with E-state index in [1.165, 1.54) is 12.1 Å². The second-order valence-corrected chi connectivity index (χ2v) is 9.14. The molecule has 1 amide bonds. The van der Waals surface area contributed by atoms with E-state index in [-0.39, 0.29) is 11.7 Å². The molecule has 4 rings (SSSR count). The van der Waals surface area contributed by atoms with Gasteiger partial charge in [-0.15, -0.1) is 4.91 Å². The maximum atomic E-state index is 14.4. The van der Waals surface area contributed by atoms with E-state index in [2.05, 4.69) is 10.1 Å². The molecular weight excluding hydrogens is 442 g/mol. The van der Waals surface area contributed by atoms with Gasteiger partial charge in [0.1, 0.15) is 5.82 Å². The van der Waals surface area contributed by atoms with Crippen LogP contribution in [0.3, 0.4) is 0 Å². The monoisotopic (exact) mass is 464 g/mol. The van der Waals surface area contributed by atoms with Crippen LogP contribution in [0, 0.1) is 10.7 Å². The van der Waals surface area contributed by atoms with Crippen molar-refractivity contribution in [3.8, 4) is 0 Å².